The van der Waals surface area contributed by atoms with Crippen molar-refractivity contribution in [3.05, 3.63) is 59.7 Å². The molecular formula is C18H19NO2S. The number of amides is 1. The second-order valence-electron chi connectivity index (χ2n) is 5.48. The second-order valence-corrected chi connectivity index (χ2v) is 6.53. The number of carbonyl (C=O) groups is 1. The average Bonchev–Trinajstić information content (AvgIpc) is 3.09. The zero-order valence-corrected chi connectivity index (χ0v) is 13.2. The van der Waals surface area contributed by atoms with Gasteiger partial charge in [0, 0.05) is 29.3 Å². The zero-order chi connectivity index (χ0) is 15.4. The van der Waals surface area contributed by atoms with Crippen LogP contribution >= 0.6 is 11.8 Å². The van der Waals surface area contributed by atoms with Crippen LogP contribution in [0.3, 0.4) is 0 Å². The molecule has 0 atom stereocenters. The van der Waals surface area contributed by atoms with Gasteiger partial charge >= 0.3 is 0 Å². The molecule has 0 radical (unpaired) electrons. The van der Waals surface area contributed by atoms with Crippen LogP contribution in [-0.2, 0) is 5.75 Å². The normalized spacial score (nSPS) is 14.3. The predicted octanol–water partition coefficient (Wildman–Crippen LogP) is 3.92. The number of aromatic hydroxyl groups is 1. The van der Waals surface area contributed by atoms with E-state index in [1.165, 1.54) is 5.56 Å². The Morgan fingerprint density at radius 2 is 1.64 bits per heavy atom. The first-order chi connectivity index (χ1) is 10.7. The van der Waals surface area contributed by atoms with Gasteiger partial charge in [-0.1, -0.05) is 12.1 Å². The zero-order valence-electron chi connectivity index (χ0n) is 12.4. The molecule has 0 spiro atoms. The Morgan fingerprint density at radius 3 is 2.27 bits per heavy atom. The molecule has 0 unspecified atom stereocenters. The third-order valence-corrected chi connectivity index (χ3v) is 4.92. The number of thioether (sulfide) groups is 1. The highest BCUT2D eigenvalue weighted by atomic mass is 32.2. The van der Waals surface area contributed by atoms with E-state index < -0.39 is 0 Å². The van der Waals surface area contributed by atoms with Gasteiger partial charge < -0.3 is 10.0 Å². The van der Waals surface area contributed by atoms with E-state index in [-0.39, 0.29) is 11.7 Å². The quantitative estimate of drug-likeness (QED) is 0.870. The van der Waals surface area contributed by atoms with Crippen LogP contribution in [0.5, 0.6) is 5.75 Å². The Kier molecular flexibility index (Phi) is 4.68. The Morgan fingerprint density at radius 1 is 1.00 bits per heavy atom. The van der Waals surface area contributed by atoms with Gasteiger partial charge in [-0.25, -0.2) is 0 Å². The number of hydrogen-bond acceptors (Lipinski definition) is 3. The maximum absolute atomic E-state index is 12.3. The molecule has 2 aromatic carbocycles. The summed E-state index contributed by atoms with van der Waals surface area (Å²) >= 11 is 1.72. The van der Waals surface area contributed by atoms with E-state index in [2.05, 4.69) is 0 Å². The lowest BCUT2D eigenvalue weighted by Gasteiger charge is -2.15. The molecule has 1 amide bonds. The van der Waals surface area contributed by atoms with Crippen molar-refractivity contribution in [3.8, 4) is 5.75 Å². The molecule has 2 aromatic rings. The lowest BCUT2D eigenvalue weighted by Crippen LogP contribution is -2.27. The fraction of sp³-hybridized carbons (Fsp3) is 0.278. The number of benzene rings is 2. The molecule has 3 nitrogen and oxygen atoms in total. The van der Waals surface area contributed by atoms with Crippen molar-refractivity contribution in [1.82, 2.24) is 4.90 Å². The summed E-state index contributed by atoms with van der Waals surface area (Å²) in [4.78, 5) is 15.3. The average molecular weight is 313 g/mol. The molecule has 1 heterocycles. The van der Waals surface area contributed by atoms with Crippen molar-refractivity contribution in [2.45, 2.75) is 23.5 Å². The van der Waals surface area contributed by atoms with E-state index in [0.29, 0.717) is 0 Å². The highest BCUT2D eigenvalue weighted by Crippen LogP contribution is 2.25. The SMILES string of the molecule is O=C(c1ccc(CSc2ccc(O)cc2)cc1)N1CCCC1. The minimum Gasteiger partial charge on any atom is -0.508 e. The second kappa shape index (κ2) is 6.88. The number of phenols is 1. The van der Waals surface area contributed by atoms with Crippen LogP contribution < -0.4 is 0 Å². The Hall–Kier alpha value is -1.94. The Balaban J connectivity index is 1.59. The molecule has 0 aromatic heterocycles. The lowest BCUT2D eigenvalue weighted by atomic mass is 10.1. The summed E-state index contributed by atoms with van der Waals surface area (Å²) in [6.07, 6.45) is 2.24. The molecule has 114 valence electrons. The summed E-state index contributed by atoms with van der Waals surface area (Å²) in [5, 5.41) is 9.27. The van der Waals surface area contributed by atoms with Crippen LogP contribution in [0.4, 0.5) is 0 Å². The molecule has 1 N–H and O–H groups in total. The molecule has 4 heteroatoms. The van der Waals surface area contributed by atoms with Crippen LogP contribution in [0.1, 0.15) is 28.8 Å². The van der Waals surface area contributed by atoms with Gasteiger partial charge in [-0.05, 0) is 54.8 Å². The fourth-order valence-electron chi connectivity index (χ4n) is 2.56. The third kappa shape index (κ3) is 3.63. The topological polar surface area (TPSA) is 40.5 Å². The van der Waals surface area contributed by atoms with Crippen molar-refractivity contribution >= 4 is 17.7 Å². The highest BCUT2D eigenvalue weighted by Gasteiger charge is 2.18. The van der Waals surface area contributed by atoms with Gasteiger partial charge in [0.05, 0.1) is 0 Å². The van der Waals surface area contributed by atoms with Crippen LogP contribution in [0.15, 0.2) is 53.4 Å². The van der Waals surface area contributed by atoms with Crippen LogP contribution in [0.25, 0.3) is 0 Å². The fourth-order valence-corrected chi connectivity index (χ4v) is 3.41. The lowest BCUT2D eigenvalue weighted by molar-refractivity contribution is 0.0793. The highest BCUT2D eigenvalue weighted by molar-refractivity contribution is 7.98. The molecule has 22 heavy (non-hydrogen) atoms. The maximum atomic E-state index is 12.3. The van der Waals surface area contributed by atoms with Crippen LogP contribution in [0.2, 0.25) is 0 Å². The monoisotopic (exact) mass is 313 g/mol. The first-order valence-corrected chi connectivity index (χ1v) is 8.51. The van der Waals surface area contributed by atoms with Gasteiger partial charge in [0.2, 0.25) is 0 Å². The van der Waals surface area contributed by atoms with E-state index in [9.17, 15) is 9.90 Å². The molecule has 1 saturated heterocycles. The Labute approximate surface area is 135 Å². The number of rotatable bonds is 4. The standard InChI is InChI=1S/C18H19NO2S/c20-16-7-9-17(10-8-16)22-13-14-3-5-15(6-4-14)18(21)19-11-1-2-12-19/h3-10,20H,1-2,11-13H2. The van der Waals surface area contributed by atoms with Crippen LogP contribution in [0, 0.1) is 0 Å². The summed E-state index contributed by atoms with van der Waals surface area (Å²) in [7, 11) is 0. The minimum absolute atomic E-state index is 0.148. The van der Waals surface area contributed by atoms with Crippen molar-refractivity contribution < 1.29 is 9.90 Å². The molecule has 0 saturated carbocycles. The van der Waals surface area contributed by atoms with E-state index in [1.807, 2.05) is 41.3 Å². The molecule has 0 aliphatic carbocycles. The van der Waals surface area contributed by atoms with Crippen molar-refractivity contribution in [2.24, 2.45) is 0 Å². The molecule has 0 bridgehead atoms. The largest absolute Gasteiger partial charge is 0.508 e. The number of likely N-dealkylation sites (tertiary alicyclic amines) is 1. The van der Waals surface area contributed by atoms with Crippen molar-refractivity contribution in [1.29, 1.82) is 0 Å². The maximum Gasteiger partial charge on any atom is 0.253 e. The smallest absolute Gasteiger partial charge is 0.253 e. The van der Waals surface area contributed by atoms with Gasteiger partial charge in [0.15, 0.2) is 0 Å². The van der Waals surface area contributed by atoms with Gasteiger partial charge in [-0.2, -0.15) is 0 Å². The van der Waals surface area contributed by atoms with E-state index in [1.54, 1.807) is 23.9 Å². The first-order valence-electron chi connectivity index (χ1n) is 7.52. The summed E-state index contributed by atoms with van der Waals surface area (Å²) in [5.41, 5.74) is 1.97. The molecular weight excluding hydrogens is 294 g/mol. The molecule has 1 aliphatic rings. The predicted molar refractivity (Wildman–Crippen MR) is 89.2 cm³/mol. The van der Waals surface area contributed by atoms with Crippen molar-refractivity contribution in [2.75, 3.05) is 13.1 Å². The Bertz CT molecular complexity index is 631. The molecule has 1 fully saturated rings. The van der Waals surface area contributed by atoms with E-state index >= 15 is 0 Å². The van der Waals surface area contributed by atoms with E-state index in [0.717, 1.165) is 42.1 Å². The van der Waals surface area contributed by atoms with Gasteiger partial charge in [0.25, 0.3) is 5.91 Å². The number of phenolic OH excluding ortho intramolecular Hbond substituents is 1. The van der Waals surface area contributed by atoms with Crippen molar-refractivity contribution in [3.63, 3.8) is 0 Å². The van der Waals surface area contributed by atoms with Gasteiger partial charge in [0.1, 0.15) is 5.75 Å². The minimum atomic E-state index is 0.148. The first kappa shape index (κ1) is 15.0. The van der Waals surface area contributed by atoms with Crippen LogP contribution in [-0.4, -0.2) is 29.0 Å². The third-order valence-electron chi connectivity index (χ3n) is 3.84. The van der Waals surface area contributed by atoms with Gasteiger partial charge in [-0.15, -0.1) is 11.8 Å². The summed E-state index contributed by atoms with van der Waals surface area (Å²) in [6.45, 7) is 1.77. The summed E-state index contributed by atoms with van der Waals surface area (Å²) < 4.78 is 0. The number of nitrogens with zero attached hydrogens (tertiary/aromatic N) is 1. The molecule has 3 rings (SSSR count). The summed E-state index contributed by atoms with van der Waals surface area (Å²) in [5.74, 6) is 1.28. The van der Waals surface area contributed by atoms with E-state index in [4.69, 9.17) is 0 Å². The number of hydrogen-bond donors (Lipinski definition) is 1. The summed E-state index contributed by atoms with van der Waals surface area (Å²) in [6, 6.07) is 15.1. The number of carbonyl (C=O) groups excluding carboxylic acids is 1. The molecule has 1 aliphatic heterocycles. The van der Waals surface area contributed by atoms with Gasteiger partial charge in [-0.3, -0.25) is 4.79 Å².